The third-order valence-corrected chi connectivity index (χ3v) is 3.79. The Hall–Kier alpha value is -2.57. The molecule has 0 spiro atoms. The van der Waals surface area contributed by atoms with Crippen molar-refractivity contribution in [1.29, 1.82) is 0 Å². The van der Waals surface area contributed by atoms with Gasteiger partial charge in [0.15, 0.2) is 13.2 Å². The molecule has 0 unspecified atom stereocenters. The highest BCUT2D eigenvalue weighted by atomic mass is 16.6. The largest absolute Gasteiger partial charge is 0.482 e. The number of ether oxygens (including phenoxy) is 3. The predicted molar refractivity (Wildman–Crippen MR) is 95.8 cm³/mol. The molecule has 0 fully saturated rings. The average molecular weight is 365 g/mol. The second kappa shape index (κ2) is 10.4. The van der Waals surface area contributed by atoms with Crippen LogP contribution in [0.4, 0.5) is 0 Å². The van der Waals surface area contributed by atoms with Crippen molar-refractivity contribution in [2.24, 2.45) is 5.92 Å². The van der Waals surface area contributed by atoms with Gasteiger partial charge in [-0.2, -0.15) is 0 Å². The summed E-state index contributed by atoms with van der Waals surface area (Å²) in [4.78, 5) is 35.3. The van der Waals surface area contributed by atoms with Crippen molar-refractivity contribution in [3.05, 3.63) is 29.3 Å². The summed E-state index contributed by atoms with van der Waals surface area (Å²) in [6, 6.07) is 4.77. The zero-order valence-electron chi connectivity index (χ0n) is 16.0. The van der Waals surface area contributed by atoms with Crippen LogP contribution < -0.4 is 10.1 Å². The first kappa shape index (κ1) is 21.5. The fourth-order valence-electron chi connectivity index (χ4n) is 2.27. The van der Waals surface area contributed by atoms with Crippen molar-refractivity contribution in [2.75, 3.05) is 20.3 Å². The number of hydrogen-bond acceptors (Lipinski definition) is 6. The van der Waals surface area contributed by atoms with Gasteiger partial charge in [-0.1, -0.05) is 26.0 Å². The number of amides is 1. The van der Waals surface area contributed by atoms with E-state index in [1.165, 1.54) is 7.11 Å². The molecule has 0 aromatic heterocycles. The molecule has 26 heavy (non-hydrogen) atoms. The van der Waals surface area contributed by atoms with Gasteiger partial charge >= 0.3 is 11.9 Å². The van der Waals surface area contributed by atoms with Crippen LogP contribution in [-0.2, 0) is 23.9 Å². The van der Waals surface area contributed by atoms with Crippen LogP contribution in [0.5, 0.6) is 5.75 Å². The van der Waals surface area contributed by atoms with Crippen LogP contribution in [0.2, 0.25) is 0 Å². The zero-order valence-corrected chi connectivity index (χ0v) is 16.0. The number of nitrogens with one attached hydrogen (secondary N) is 1. The lowest BCUT2D eigenvalue weighted by molar-refractivity contribution is -0.151. The van der Waals surface area contributed by atoms with Gasteiger partial charge in [0.05, 0.1) is 7.11 Å². The summed E-state index contributed by atoms with van der Waals surface area (Å²) in [6.45, 7) is 6.90. The van der Waals surface area contributed by atoms with Crippen molar-refractivity contribution in [1.82, 2.24) is 5.32 Å². The number of carbonyl (C=O) groups excluding carboxylic acids is 3. The minimum atomic E-state index is -0.766. The normalized spacial score (nSPS) is 11.6. The molecule has 0 bridgehead atoms. The van der Waals surface area contributed by atoms with Gasteiger partial charge in [-0.05, 0) is 43.4 Å². The van der Waals surface area contributed by atoms with E-state index in [2.05, 4.69) is 10.1 Å². The number of carbonyl (C=O) groups is 3. The highest BCUT2D eigenvalue weighted by Crippen LogP contribution is 2.20. The summed E-state index contributed by atoms with van der Waals surface area (Å²) in [5.74, 6) is -0.987. The summed E-state index contributed by atoms with van der Waals surface area (Å²) < 4.78 is 15.0. The van der Waals surface area contributed by atoms with Gasteiger partial charge in [-0.25, -0.2) is 9.59 Å². The van der Waals surface area contributed by atoms with Crippen LogP contribution >= 0.6 is 0 Å². The van der Waals surface area contributed by atoms with Gasteiger partial charge in [0.1, 0.15) is 11.8 Å². The summed E-state index contributed by atoms with van der Waals surface area (Å²) in [6.07, 6.45) is 0.433. The first-order valence-corrected chi connectivity index (χ1v) is 8.46. The first-order chi connectivity index (χ1) is 12.2. The van der Waals surface area contributed by atoms with Crippen LogP contribution in [0, 0.1) is 19.8 Å². The smallest absolute Gasteiger partial charge is 0.344 e. The second-order valence-corrected chi connectivity index (χ2v) is 6.42. The monoisotopic (exact) mass is 365 g/mol. The van der Waals surface area contributed by atoms with E-state index in [0.717, 1.165) is 11.1 Å². The Balaban J connectivity index is 2.44. The van der Waals surface area contributed by atoms with Gasteiger partial charge in [0.2, 0.25) is 0 Å². The summed E-state index contributed by atoms with van der Waals surface area (Å²) in [5.41, 5.74) is 1.99. The Morgan fingerprint density at radius 2 is 1.81 bits per heavy atom. The molecule has 0 aliphatic rings. The van der Waals surface area contributed by atoms with E-state index in [-0.39, 0.29) is 12.5 Å². The molecule has 1 atom stereocenters. The Labute approximate surface area is 154 Å². The molecule has 0 radical (unpaired) electrons. The van der Waals surface area contributed by atoms with Crippen molar-refractivity contribution in [2.45, 2.75) is 40.2 Å². The van der Waals surface area contributed by atoms with Crippen molar-refractivity contribution >= 4 is 17.8 Å². The van der Waals surface area contributed by atoms with Crippen LogP contribution in [0.3, 0.4) is 0 Å². The maximum atomic E-state index is 11.9. The SMILES string of the molecule is COC(=O)[C@H](CC(C)C)NC(=O)COC(=O)COc1cccc(C)c1C. The zero-order chi connectivity index (χ0) is 19.7. The van der Waals surface area contributed by atoms with Crippen LogP contribution in [0.1, 0.15) is 31.4 Å². The molecule has 1 aromatic rings. The van der Waals surface area contributed by atoms with Crippen LogP contribution in [-0.4, -0.2) is 44.2 Å². The fourth-order valence-corrected chi connectivity index (χ4v) is 2.27. The van der Waals surface area contributed by atoms with Gasteiger partial charge < -0.3 is 19.5 Å². The standard InChI is InChI=1S/C19H27NO6/c1-12(2)9-15(19(23)24-5)20-17(21)10-26-18(22)11-25-16-8-6-7-13(3)14(16)4/h6-8,12,15H,9-11H2,1-5H3,(H,20,21)/t15-/m0/s1. The van der Waals surface area contributed by atoms with E-state index in [4.69, 9.17) is 9.47 Å². The lowest BCUT2D eigenvalue weighted by Crippen LogP contribution is -2.44. The highest BCUT2D eigenvalue weighted by molar-refractivity contribution is 5.86. The van der Waals surface area contributed by atoms with E-state index in [1.54, 1.807) is 6.07 Å². The van der Waals surface area contributed by atoms with Gasteiger partial charge in [-0.3, -0.25) is 4.79 Å². The number of hydrogen-bond donors (Lipinski definition) is 1. The Kier molecular flexibility index (Phi) is 8.61. The second-order valence-electron chi connectivity index (χ2n) is 6.42. The number of esters is 2. The van der Waals surface area contributed by atoms with Crippen LogP contribution in [0.15, 0.2) is 18.2 Å². The Morgan fingerprint density at radius 3 is 2.42 bits per heavy atom. The highest BCUT2D eigenvalue weighted by Gasteiger charge is 2.23. The lowest BCUT2D eigenvalue weighted by Gasteiger charge is -2.18. The average Bonchev–Trinajstić information content (AvgIpc) is 2.59. The van der Waals surface area contributed by atoms with E-state index >= 15 is 0 Å². The van der Waals surface area contributed by atoms with Crippen molar-refractivity contribution < 1.29 is 28.6 Å². The number of rotatable bonds is 9. The maximum Gasteiger partial charge on any atom is 0.344 e. The molecule has 0 saturated carbocycles. The molecule has 0 heterocycles. The van der Waals surface area contributed by atoms with Crippen molar-refractivity contribution in [3.63, 3.8) is 0 Å². The topological polar surface area (TPSA) is 90.9 Å². The maximum absolute atomic E-state index is 11.9. The molecule has 0 aliphatic heterocycles. The molecular weight excluding hydrogens is 338 g/mol. The fraction of sp³-hybridized carbons (Fsp3) is 0.526. The quantitative estimate of drug-likeness (QED) is 0.673. The number of methoxy groups -OCH3 is 1. The van der Waals surface area contributed by atoms with E-state index < -0.39 is 30.5 Å². The number of aryl methyl sites for hydroxylation is 1. The molecule has 7 nitrogen and oxygen atoms in total. The molecule has 1 rings (SSSR count). The minimum Gasteiger partial charge on any atom is -0.482 e. The molecule has 7 heteroatoms. The summed E-state index contributed by atoms with van der Waals surface area (Å²) >= 11 is 0. The predicted octanol–water partition coefficient (Wildman–Crippen LogP) is 1.93. The third kappa shape index (κ3) is 7.13. The van der Waals surface area contributed by atoms with E-state index in [0.29, 0.717) is 12.2 Å². The molecular formula is C19H27NO6. The van der Waals surface area contributed by atoms with Crippen molar-refractivity contribution in [3.8, 4) is 5.75 Å². The minimum absolute atomic E-state index is 0.188. The van der Waals surface area contributed by atoms with Crippen LogP contribution in [0.25, 0.3) is 0 Å². The first-order valence-electron chi connectivity index (χ1n) is 8.46. The third-order valence-electron chi connectivity index (χ3n) is 3.79. The van der Waals surface area contributed by atoms with Gasteiger partial charge in [-0.15, -0.1) is 0 Å². The molecule has 1 amide bonds. The summed E-state index contributed by atoms with van der Waals surface area (Å²) in [5, 5.41) is 2.51. The van der Waals surface area contributed by atoms with Gasteiger partial charge in [0, 0.05) is 0 Å². The lowest BCUT2D eigenvalue weighted by atomic mass is 10.0. The summed E-state index contributed by atoms with van der Waals surface area (Å²) in [7, 11) is 1.26. The molecule has 0 saturated heterocycles. The van der Waals surface area contributed by atoms with Gasteiger partial charge in [0.25, 0.3) is 5.91 Å². The number of benzene rings is 1. The molecule has 144 valence electrons. The van der Waals surface area contributed by atoms with E-state index in [9.17, 15) is 14.4 Å². The molecule has 1 N–H and O–H groups in total. The molecule has 0 aliphatic carbocycles. The van der Waals surface area contributed by atoms with E-state index in [1.807, 2.05) is 39.8 Å². The Bertz CT molecular complexity index is 641. The Morgan fingerprint density at radius 1 is 1.12 bits per heavy atom. The molecule has 1 aromatic carbocycles.